The first-order valence-corrected chi connectivity index (χ1v) is 6.16. The number of aryl methyl sites for hydroxylation is 1. The number of hydrogen-bond acceptors (Lipinski definition) is 2. The minimum atomic E-state index is -3.48. The molecule has 0 aliphatic heterocycles. The molecule has 0 spiro atoms. The van der Waals surface area contributed by atoms with E-state index >= 15 is 0 Å². The van der Waals surface area contributed by atoms with E-state index in [1.165, 1.54) is 0 Å². The van der Waals surface area contributed by atoms with Gasteiger partial charge in [-0.25, -0.2) is 12.8 Å². The molecule has 5 heteroatoms. The molecule has 0 N–H and O–H groups in total. The molecule has 0 aromatic heterocycles. The average Bonchev–Trinajstić information content (AvgIpc) is 1.78. The third-order valence-electron chi connectivity index (χ3n) is 1.56. The van der Waals surface area contributed by atoms with E-state index in [-0.39, 0.29) is 4.90 Å². The quantitative estimate of drug-likeness (QED) is 0.782. The fourth-order valence-corrected chi connectivity index (χ4v) is 2.76. The minimum absolute atomic E-state index is 0.226. The second-order valence-electron chi connectivity index (χ2n) is 2.81. The first-order valence-electron chi connectivity index (χ1n) is 3.48. The average molecular weight is 267 g/mol. The summed E-state index contributed by atoms with van der Waals surface area (Å²) in [6, 6.07) is 2.71. The number of hydrogen-bond donors (Lipinski definition) is 0. The number of sulfone groups is 1. The van der Waals surface area contributed by atoms with Crippen LogP contribution < -0.4 is 0 Å². The van der Waals surface area contributed by atoms with Gasteiger partial charge in [-0.15, -0.1) is 0 Å². The summed E-state index contributed by atoms with van der Waals surface area (Å²) in [4.78, 5) is -0.226. The van der Waals surface area contributed by atoms with Crippen LogP contribution in [0.1, 0.15) is 5.56 Å². The fraction of sp³-hybridized carbons (Fsp3) is 0.250. The van der Waals surface area contributed by atoms with Crippen molar-refractivity contribution >= 4 is 25.8 Å². The molecule has 0 bridgehead atoms. The number of halogens is 2. The van der Waals surface area contributed by atoms with Gasteiger partial charge in [0.2, 0.25) is 0 Å². The first-order chi connectivity index (χ1) is 5.82. The van der Waals surface area contributed by atoms with E-state index in [9.17, 15) is 12.8 Å². The Labute approximate surface area is 84.8 Å². The highest BCUT2D eigenvalue weighted by molar-refractivity contribution is 9.10. The van der Waals surface area contributed by atoms with Crippen molar-refractivity contribution in [2.24, 2.45) is 0 Å². The summed E-state index contributed by atoms with van der Waals surface area (Å²) in [6.45, 7) is 1.56. The maximum Gasteiger partial charge on any atom is 0.178 e. The maximum absolute atomic E-state index is 13.2. The van der Waals surface area contributed by atoms with Gasteiger partial charge in [0.25, 0.3) is 0 Å². The zero-order valence-corrected chi connectivity index (χ0v) is 9.54. The van der Waals surface area contributed by atoms with Crippen LogP contribution in [0.25, 0.3) is 0 Å². The SMILES string of the molecule is Cc1cc(Br)cc(F)c1S(C)(=O)=O. The highest BCUT2D eigenvalue weighted by atomic mass is 79.9. The molecule has 72 valence electrons. The van der Waals surface area contributed by atoms with Crippen molar-refractivity contribution in [3.63, 3.8) is 0 Å². The molecule has 0 aliphatic carbocycles. The standard InChI is InChI=1S/C8H8BrFO2S/c1-5-3-6(9)4-7(10)8(5)13(2,11)12/h3-4H,1-2H3. The molecule has 1 aromatic rings. The molecule has 0 saturated heterocycles. The molecule has 1 rings (SSSR count). The Morgan fingerprint density at radius 2 is 1.92 bits per heavy atom. The lowest BCUT2D eigenvalue weighted by molar-refractivity contribution is 0.568. The Bertz CT molecular complexity index is 416. The van der Waals surface area contributed by atoms with Crippen LogP contribution in [0.4, 0.5) is 4.39 Å². The lowest BCUT2D eigenvalue weighted by Crippen LogP contribution is -2.03. The van der Waals surface area contributed by atoms with Gasteiger partial charge in [-0.1, -0.05) is 15.9 Å². The maximum atomic E-state index is 13.2. The van der Waals surface area contributed by atoms with E-state index in [0.717, 1.165) is 12.3 Å². The molecule has 0 radical (unpaired) electrons. The summed E-state index contributed by atoms with van der Waals surface area (Å²) >= 11 is 3.08. The van der Waals surface area contributed by atoms with Crippen LogP contribution >= 0.6 is 15.9 Å². The second kappa shape index (κ2) is 3.38. The van der Waals surface area contributed by atoms with E-state index < -0.39 is 15.7 Å². The minimum Gasteiger partial charge on any atom is -0.224 e. The van der Waals surface area contributed by atoms with Crippen LogP contribution in [0.2, 0.25) is 0 Å². The van der Waals surface area contributed by atoms with Gasteiger partial charge in [-0.3, -0.25) is 0 Å². The molecule has 0 heterocycles. The third kappa shape index (κ3) is 2.28. The van der Waals surface area contributed by atoms with Gasteiger partial charge in [-0.05, 0) is 24.6 Å². The van der Waals surface area contributed by atoms with Gasteiger partial charge in [0.15, 0.2) is 9.84 Å². The molecule has 0 fully saturated rings. The number of rotatable bonds is 1. The molecule has 0 aliphatic rings. The van der Waals surface area contributed by atoms with Crippen LogP contribution in [-0.4, -0.2) is 14.7 Å². The van der Waals surface area contributed by atoms with Crippen LogP contribution in [0.3, 0.4) is 0 Å². The largest absolute Gasteiger partial charge is 0.224 e. The van der Waals surface area contributed by atoms with Crippen LogP contribution in [-0.2, 0) is 9.84 Å². The second-order valence-corrected chi connectivity index (χ2v) is 5.67. The molecule has 0 saturated carbocycles. The van der Waals surface area contributed by atoms with Crippen molar-refractivity contribution in [3.8, 4) is 0 Å². The Balaban J connectivity index is 3.57. The summed E-state index contributed by atoms with van der Waals surface area (Å²) in [5.74, 6) is -0.714. The van der Waals surface area contributed by atoms with Gasteiger partial charge >= 0.3 is 0 Å². The van der Waals surface area contributed by atoms with Crippen molar-refractivity contribution in [2.75, 3.05) is 6.26 Å². The van der Waals surface area contributed by atoms with Gasteiger partial charge in [0.05, 0.1) is 0 Å². The molecule has 2 nitrogen and oxygen atoms in total. The lowest BCUT2D eigenvalue weighted by Gasteiger charge is -2.05. The zero-order valence-electron chi connectivity index (χ0n) is 7.14. The topological polar surface area (TPSA) is 34.1 Å². The predicted molar refractivity (Wildman–Crippen MR) is 51.9 cm³/mol. The molecule has 0 amide bonds. The molecule has 0 atom stereocenters. The lowest BCUT2D eigenvalue weighted by atomic mass is 10.2. The van der Waals surface area contributed by atoms with E-state index in [2.05, 4.69) is 15.9 Å². The molecule has 1 aromatic carbocycles. The Hall–Kier alpha value is -0.420. The summed E-state index contributed by atoms with van der Waals surface area (Å²) in [7, 11) is -3.48. The summed E-state index contributed by atoms with van der Waals surface area (Å²) in [5, 5.41) is 0. The molecular weight excluding hydrogens is 259 g/mol. The number of benzene rings is 1. The van der Waals surface area contributed by atoms with Crippen LogP contribution in [0.5, 0.6) is 0 Å². The van der Waals surface area contributed by atoms with E-state index in [1.54, 1.807) is 13.0 Å². The van der Waals surface area contributed by atoms with Gasteiger partial charge in [0.1, 0.15) is 10.7 Å². The van der Waals surface area contributed by atoms with Crippen molar-refractivity contribution in [1.82, 2.24) is 0 Å². The Morgan fingerprint density at radius 3 is 2.31 bits per heavy atom. The van der Waals surface area contributed by atoms with E-state index in [4.69, 9.17) is 0 Å². The van der Waals surface area contributed by atoms with Crippen LogP contribution in [0.15, 0.2) is 21.5 Å². The van der Waals surface area contributed by atoms with E-state index in [1.807, 2.05) is 0 Å². The summed E-state index contributed by atoms with van der Waals surface area (Å²) in [6.07, 6.45) is 0.992. The molecule has 13 heavy (non-hydrogen) atoms. The van der Waals surface area contributed by atoms with Gasteiger partial charge in [-0.2, -0.15) is 0 Å². The highest BCUT2D eigenvalue weighted by Crippen LogP contribution is 2.23. The van der Waals surface area contributed by atoms with Crippen molar-refractivity contribution < 1.29 is 12.8 Å². The summed E-state index contributed by atoms with van der Waals surface area (Å²) in [5.41, 5.74) is 0.411. The third-order valence-corrected chi connectivity index (χ3v) is 3.28. The van der Waals surface area contributed by atoms with Crippen molar-refractivity contribution in [1.29, 1.82) is 0 Å². The fourth-order valence-electron chi connectivity index (χ4n) is 1.16. The van der Waals surface area contributed by atoms with Gasteiger partial charge < -0.3 is 0 Å². The predicted octanol–water partition coefficient (Wildman–Crippen LogP) is 2.30. The van der Waals surface area contributed by atoms with Crippen molar-refractivity contribution in [3.05, 3.63) is 28.0 Å². The molecular formula is C8H8BrFO2S. The van der Waals surface area contributed by atoms with Gasteiger partial charge in [0, 0.05) is 10.7 Å². The van der Waals surface area contributed by atoms with E-state index in [0.29, 0.717) is 10.0 Å². The smallest absolute Gasteiger partial charge is 0.178 e. The zero-order chi connectivity index (χ0) is 10.2. The molecule has 0 unspecified atom stereocenters. The summed E-state index contributed by atoms with van der Waals surface area (Å²) < 4.78 is 36.0. The van der Waals surface area contributed by atoms with Crippen LogP contribution in [0, 0.1) is 12.7 Å². The monoisotopic (exact) mass is 266 g/mol. The highest BCUT2D eigenvalue weighted by Gasteiger charge is 2.16. The Kier molecular flexibility index (Phi) is 2.77. The van der Waals surface area contributed by atoms with Crippen molar-refractivity contribution in [2.45, 2.75) is 11.8 Å². The normalized spacial score (nSPS) is 11.7. The first kappa shape index (κ1) is 10.7. The Morgan fingerprint density at radius 1 is 1.38 bits per heavy atom.